The van der Waals surface area contributed by atoms with E-state index < -0.39 is 6.04 Å². The molecule has 0 heterocycles. The molecule has 1 atom stereocenters. The summed E-state index contributed by atoms with van der Waals surface area (Å²) >= 11 is 0. The molecule has 0 bridgehead atoms. The first kappa shape index (κ1) is 16.7. The van der Waals surface area contributed by atoms with Crippen molar-refractivity contribution >= 4 is 5.91 Å². The Morgan fingerprint density at radius 1 is 1.30 bits per heavy atom. The molecule has 0 saturated heterocycles. The average molecular weight is 278 g/mol. The molecule has 0 unspecified atom stereocenters. The quantitative estimate of drug-likeness (QED) is 0.866. The summed E-state index contributed by atoms with van der Waals surface area (Å²) < 4.78 is 5.09. The lowest BCUT2D eigenvalue weighted by molar-refractivity contribution is -0.136. The Balaban J connectivity index is 2.81. The Morgan fingerprint density at radius 2 is 1.90 bits per heavy atom. The number of methoxy groups -OCH3 is 1. The molecule has 0 radical (unpaired) electrons. The number of benzene rings is 1. The standard InChI is InChI=1S/C16H26N2O2/c1-16(2,3)14(17)15(19)18(10-11-20-4)12-13-8-6-5-7-9-13/h5-9,14H,10-12,17H2,1-4H3/t14-/m0/s1. The topological polar surface area (TPSA) is 55.6 Å². The van der Waals surface area contributed by atoms with Crippen LogP contribution in [0.25, 0.3) is 0 Å². The Hall–Kier alpha value is -1.39. The van der Waals surface area contributed by atoms with E-state index in [2.05, 4.69) is 0 Å². The van der Waals surface area contributed by atoms with Gasteiger partial charge in [0.05, 0.1) is 12.6 Å². The highest BCUT2D eigenvalue weighted by Gasteiger charge is 2.30. The summed E-state index contributed by atoms with van der Waals surface area (Å²) in [6.07, 6.45) is 0. The number of carbonyl (C=O) groups excluding carboxylic acids is 1. The monoisotopic (exact) mass is 278 g/mol. The molecule has 1 rings (SSSR count). The van der Waals surface area contributed by atoms with Gasteiger partial charge in [-0.05, 0) is 11.0 Å². The second-order valence-corrected chi connectivity index (χ2v) is 6.08. The lowest BCUT2D eigenvalue weighted by Crippen LogP contribution is -2.50. The third-order valence-electron chi connectivity index (χ3n) is 3.29. The van der Waals surface area contributed by atoms with Crippen LogP contribution in [0.4, 0.5) is 0 Å². The van der Waals surface area contributed by atoms with Crippen LogP contribution in [-0.4, -0.2) is 37.1 Å². The molecule has 2 N–H and O–H groups in total. The van der Waals surface area contributed by atoms with Crippen molar-refractivity contribution < 1.29 is 9.53 Å². The normalized spacial score (nSPS) is 13.1. The maximum Gasteiger partial charge on any atom is 0.240 e. The lowest BCUT2D eigenvalue weighted by atomic mass is 9.86. The van der Waals surface area contributed by atoms with Crippen LogP contribution in [0.2, 0.25) is 0 Å². The Morgan fingerprint density at radius 3 is 2.40 bits per heavy atom. The van der Waals surface area contributed by atoms with Gasteiger partial charge in [-0.15, -0.1) is 0 Å². The summed E-state index contributed by atoms with van der Waals surface area (Å²) in [5, 5.41) is 0. The van der Waals surface area contributed by atoms with Gasteiger partial charge in [0, 0.05) is 20.2 Å². The molecule has 112 valence electrons. The van der Waals surface area contributed by atoms with Gasteiger partial charge in [0.2, 0.25) is 5.91 Å². The number of hydrogen-bond donors (Lipinski definition) is 1. The van der Waals surface area contributed by atoms with Gasteiger partial charge >= 0.3 is 0 Å². The number of nitrogens with zero attached hydrogens (tertiary/aromatic N) is 1. The van der Waals surface area contributed by atoms with Crippen LogP contribution in [0.3, 0.4) is 0 Å². The SMILES string of the molecule is COCCN(Cc1ccccc1)C(=O)[C@H](N)C(C)(C)C. The van der Waals surface area contributed by atoms with Crippen LogP contribution in [0.5, 0.6) is 0 Å². The smallest absolute Gasteiger partial charge is 0.240 e. The van der Waals surface area contributed by atoms with Gasteiger partial charge in [-0.25, -0.2) is 0 Å². The third-order valence-corrected chi connectivity index (χ3v) is 3.29. The van der Waals surface area contributed by atoms with Gasteiger partial charge < -0.3 is 15.4 Å². The fourth-order valence-corrected chi connectivity index (χ4v) is 1.84. The van der Waals surface area contributed by atoms with Crippen LogP contribution in [-0.2, 0) is 16.1 Å². The van der Waals surface area contributed by atoms with Crippen molar-refractivity contribution in [2.75, 3.05) is 20.3 Å². The largest absolute Gasteiger partial charge is 0.383 e. The molecule has 4 nitrogen and oxygen atoms in total. The van der Waals surface area contributed by atoms with Crippen molar-refractivity contribution in [1.82, 2.24) is 4.90 Å². The molecule has 0 aliphatic rings. The Labute approximate surface area is 121 Å². The van der Waals surface area contributed by atoms with Crippen molar-refractivity contribution in [3.63, 3.8) is 0 Å². The molecule has 1 amide bonds. The molecule has 20 heavy (non-hydrogen) atoms. The van der Waals surface area contributed by atoms with Crippen molar-refractivity contribution in [2.45, 2.75) is 33.4 Å². The second-order valence-electron chi connectivity index (χ2n) is 6.08. The van der Waals surface area contributed by atoms with Crippen LogP contribution in [0.15, 0.2) is 30.3 Å². The minimum absolute atomic E-state index is 0.0293. The highest BCUT2D eigenvalue weighted by molar-refractivity contribution is 5.82. The van der Waals surface area contributed by atoms with Gasteiger partial charge in [-0.3, -0.25) is 4.79 Å². The van der Waals surface area contributed by atoms with E-state index in [-0.39, 0.29) is 11.3 Å². The Kier molecular flexibility index (Phi) is 6.17. The molecule has 0 saturated carbocycles. The summed E-state index contributed by atoms with van der Waals surface area (Å²) in [6, 6.07) is 9.41. The van der Waals surface area contributed by atoms with Crippen LogP contribution in [0.1, 0.15) is 26.3 Å². The van der Waals surface area contributed by atoms with E-state index in [1.165, 1.54) is 0 Å². The van der Waals surface area contributed by atoms with Crippen molar-refractivity contribution in [1.29, 1.82) is 0 Å². The van der Waals surface area contributed by atoms with Gasteiger partial charge in [0.25, 0.3) is 0 Å². The summed E-state index contributed by atoms with van der Waals surface area (Å²) in [5.41, 5.74) is 6.93. The molecule has 0 aromatic heterocycles. The minimum atomic E-state index is -0.511. The zero-order chi connectivity index (χ0) is 15.2. The minimum Gasteiger partial charge on any atom is -0.383 e. The summed E-state index contributed by atoms with van der Waals surface area (Å²) in [7, 11) is 1.63. The number of carbonyl (C=O) groups is 1. The van der Waals surface area contributed by atoms with Crippen molar-refractivity contribution in [3.8, 4) is 0 Å². The zero-order valence-electron chi connectivity index (χ0n) is 12.9. The van der Waals surface area contributed by atoms with Gasteiger partial charge in [-0.2, -0.15) is 0 Å². The van der Waals surface area contributed by atoms with Crippen molar-refractivity contribution in [3.05, 3.63) is 35.9 Å². The van der Waals surface area contributed by atoms with E-state index in [4.69, 9.17) is 10.5 Å². The van der Waals surface area contributed by atoms with Gasteiger partial charge in [0.1, 0.15) is 0 Å². The maximum atomic E-state index is 12.5. The first-order chi connectivity index (χ1) is 9.36. The maximum absolute atomic E-state index is 12.5. The number of nitrogens with two attached hydrogens (primary N) is 1. The van der Waals surface area contributed by atoms with Gasteiger partial charge in [0.15, 0.2) is 0 Å². The summed E-state index contributed by atoms with van der Waals surface area (Å²) in [6.45, 7) is 7.56. The molecule has 4 heteroatoms. The van der Waals surface area contributed by atoms with Crippen LogP contribution < -0.4 is 5.73 Å². The Bertz CT molecular complexity index is 412. The van der Waals surface area contributed by atoms with E-state index in [0.717, 1.165) is 5.56 Å². The van der Waals surface area contributed by atoms with E-state index >= 15 is 0 Å². The predicted octanol–water partition coefficient (Wildman–Crippen LogP) is 2.03. The highest BCUT2D eigenvalue weighted by atomic mass is 16.5. The van der Waals surface area contributed by atoms with Crippen molar-refractivity contribution in [2.24, 2.45) is 11.1 Å². The zero-order valence-corrected chi connectivity index (χ0v) is 12.9. The lowest BCUT2D eigenvalue weighted by Gasteiger charge is -2.32. The molecule has 0 aliphatic heterocycles. The average Bonchev–Trinajstić information content (AvgIpc) is 2.42. The molecular formula is C16H26N2O2. The number of hydrogen-bond acceptors (Lipinski definition) is 3. The first-order valence-electron chi connectivity index (χ1n) is 6.93. The third kappa shape index (κ3) is 4.94. The molecular weight excluding hydrogens is 252 g/mol. The summed E-state index contributed by atoms with van der Waals surface area (Å²) in [5.74, 6) is -0.0293. The van der Waals surface area contributed by atoms with E-state index in [0.29, 0.717) is 19.7 Å². The second kappa shape index (κ2) is 7.41. The van der Waals surface area contributed by atoms with E-state index in [1.54, 1.807) is 12.0 Å². The molecule has 0 fully saturated rings. The number of ether oxygens (including phenoxy) is 1. The number of rotatable bonds is 6. The number of amides is 1. The fourth-order valence-electron chi connectivity index (χ4n) is 1.84. The fraction of sp³-hybridized carbons (Fsp3) is 0.562. The summed E-state index contributed by atoms with van der Waals surface area (Å²) in [4.78, 5) is 14.3. The molecule has 0 aliphatic carbocycles. The van der Waals surface area contributed by atoms with Crippen LogP contribution >= 0.6 is 0 Å². The molecule has 1 aromatic rings. The first-order valence-corrected chi connectivity index (χ1v) is 6.93. The van der Waals surface area contributed by atoms with E-state index in [9.17, 15) is 4.79 Å². The predicted molar refractivity (Wildman–Crippen MR) is 81.2 cm³/mol. The molecule has 0 spiro atoms. The molecule has 1 aromatic carbocycles. The van der Waals surface area contributed by atoms with Gasteiger partial charge in [-0.1, -0.05) is 51.1 Å². The van der Waals surface area contributed by atoms with Crippen LogP contribution in [0, 0.1) is 5.41 Å². The highest BCUT2D eigenvalue weighted by Crippen LogP contribution is 2.20. The van der Waals surface area contributed by atoms with E-state index in [1.807, 2.05) is 51.1 Å².